The summed E-state index contributed by atoms with van der Waals surface area (Å²) < 4.78 is 5.06. The van der Waals surface area contributed by atoms with Gasteiger partial charge in [-0.3, -0.25) is 9.59 Å². The molecule has 8 nitrogen and oxygen atoms in total. The topological polar surface area (TPSA) is 119 Å². The molecule has 0 bridgehead atoms. The summed E-state index contributed by atoms with van der Waals surface area (Å²) in [6.45, 7) is 9.63. The number of Topliss-reactive ketones (excluding diaryl/α,β-unsaturated/α-hetero) is 1. The van der Waals surface area contributed by atoms with Crippen molar-refractivity contribution in [1.29, 1.82) is 0 Å². The largest absolute Gasteiger partial charge is 0.481 e. The molecule has 1 aromatic heterocycles. The lowest BCUT2D eigenvalue weighted by Gasteiger charge is -2.29. The molecule has 0 fully saturated rings. The van der Waals surface area contributed by atoms with Crippen LogP contribution in [-0.2, 0) is 16.0 Å². The van der Waals surface area contributed by atoms with Gasteiger partial charge in [0.15, 0.2) is 5.78 Å². The maximum absolute atomic E-state index is 12.8. The predicted molar refractivity (Wildman–Crippen MR) is 138 cm³/mol. The molecule has 1 heterocycles. The minimum absolute atomic E-state index is 0.0165. The van der Waals surface area contributed by atoms with Crippen molar-refractivity contribution in [3.05, 3.63) is 52.5 Å². The van der Waals surface area contributed by atoms with Crippen LogP contribution < -0.4 is 10.6 Å². The van der Waals surface area contributed by atoms with Crippen molar-refractivity contribution in [1.82, 2.24) is 9.97 Å². The summed E-state index contributed by atoms with van der Waals surface area (Å²) in [4.78, 5) is 35.3. The lowest BCUT2D eigenvalue weighted by atomic mass is 9.92. The molecule has 0 spiro atoms. The number of carboxylic acids is 1. The number of carbonyl (C=O) groups is 2. The van der Waals surface area contributed by atoms with Crippen molar-refractivity contribution in [2.45, 2.75) is 65.8 Å². The summed E-state index contributed by atoms with van der Waals surface area (Å²) in [7, 11) is 3.57. The van der Waals surface area contributed by atoms with Crippen LogP contribution in [0.15, 0.2) is 24.5 Å². The number of aliphatic carboxylic acids is 1. The van der Waals surface area contributed by atoms with Crippen molar-refractivity contribution in [3.63, 3.8) is 0 Å². The molecule has 35 heavy (non-hydrogen) atoms. The zero-order chi connectivity index (χ0) is 26.2. The molecule has 0 aliphatic rings. The summed E-state index contributed by atoms with van der Waals surface area (Å²) >= 11 is 0. The van der Waals surface area contributed by atoms with E-state index in [9.17, 15) is 14.7 Å². The third-order valence-corrected chi connectivity index (χ3v) is 5.84. The lowest BCUT2D eigenvalue weighted by molar-refractivity contribution is -0.136. The molecule has 1 unspecified atom stereocenters. The first-order valence-corrected chi connectivity index (χ1v) is 12.1. The van der Waals surface area contributed by atoms with Crippen molar-refractivity contribution in [3.8, 4) is 0 Å². The van der Waals surface area contributed by atoms with Gasteiger partial charge < -0.3 is 20.5 Å². The molecule has 0 aliphatic carbocycles. The Hall–Kier alpha value is -2.84. The number of rotatable bonds is 13. The molecule has 2 rings (SSSR count). The predicted octanol–water partition coefficient (Wildman–Crippen LogP) is 4.33. The van der Waals surface area contributed by atoms with Crippen LogP contribution in [-0.4, -0.2) is 54.1 Å². The second-order valence-corrected chi connectivity index (χ2v) is 10.3. The average molecular weight is 485 g/mol. The number of carbonyl (C=O) groups excluding carboxylic acids is 1. The maximum Gasteiger partial charge on any atom is 0.308 e. The number of aromatic nitrogens is 2. The number of ketones is 1. The number of unbranched alkanes of at least 4 members (excludes halogenated alkanes) is 2. The number of hydrogen-bond acceptors (Lipinski definition) is 7. The first kappa shape index (κ1) is 28.4. The fourth-order valence-electron chi connectivity index (χ4n) is 4.27. The number of methoxy groups -OCH3 is 1. The van der Waals surface area contributed by atoms with E-state index in [1.807, 2.05) is 37.1 Å². The molecule has 0 saturated heterocycles. The summed E-state index contributed by atoms with van der Waals surface area (Å²) in [6.07, 6.45) is 4.31. The number of hydrogen-bond donors (Lipinski definition) is 2. The van der Waals surface area contributed by atoms with Gasteiger partial charge in [0.25, 0.3) is 0 Å². The molecule has 1 aromatic carbocycles. The number of nitrogens with two attached hydrogens (primary N) is 1. The number of carboxylic acid groups (broad SMARTS) is 1. The molecule has 0 saturated carbocycles. The molecule has 8 heteroatoms. The van der Waals surface area contributed by atoms with E-state index in [-0.39, 0.29) is 17.6 Å². The Morgan fingerprint density at radius 2 is 1.89 bits per heavy atom. The lowest BCUT2D eigenvalue weighted by Crippen LogP contribution is -2.32. The molecule has 2 aromatic rings. The van der Waals surface area contributed by atoms with Crippen LogP contribution in [0, 0.1) is 12.3 Å². The van der Waals surface area contributed by atoms with E-state index in [0.717, 1.165) is 30.4 Å². The van der Waals surface area contributed by atoms with Crippen LogP contribution in [0.25, 0.3) is 0 Å². The molecule has 0 radical (unpaired) electrons. The highest BCUT2D eigenvalue weighted by Gasteiger charge is 2.25. The normalized spacial score (nSPS) is 12.4. The Balaban J connectivity index is 2.39. The highest BCUT2D eigenvalue weighted by atomic mass is 16.5. The van der Waals surface area contributed by atoms with Crippen LogP contribution in [0.3, 0.4) is 0 Å². The Kier molecular flexibility index (Phi) is 10.3. The number of benzene rings is 1. The fraction of sp³-hybridized carbons (Fsp3) is 0.556. The van der Waals surface area contributed by atoms with Gasteiger partial charge in [0.2, 0.25) is 0 Å². The van der Waals surface area contributed by atoms with Gasteiger partial charge in [0.1, 0.15) is 12.1 Å². The van der Waals surface area contributed by atoms with Gasteiger partial charge in [-0.2, -0.15) is 0 Å². The first-order chi connectivity index (χ1) is 16.4. The highest BCUT2D eigenvalue weighted by Crippen LogP contribution is 2.30. The maximum atomic E-state index is 12.8. The van der Waals surface area contributed by atoms with Crippen LogP contribution in [0.5, 0.6) is 0 Å². The molecule has 3 N–H and O–H groups in total. The van der Waals surface area contributed by atoms with E-state index in [2.05, 4.69) is 30.7 Å². The SMILES string of the molecule is COCCCCCC(=O)c1ccc(C)c(C(N)c2ncnc(N(C)CC(C)(C)C)c2CC(=O)O)c1. The van der Waals surface area contributed by atoms with Crippen molar-refractivity contribution >= 4 is 17.6 Å². The number of anilines is 1. The average Bonchev–Trinajstić information content (AvgIpc) is 2.77. The molecule has 0 amide bonds. The minimum Gasteiger partial charge on any atom is -0.481 e. The zero-order valence-corrected chi connectivity index (χ0v) is 21.9. The van der Waals surface area contributed by atoms with E-state index in [4.69, 9.17) is 10.5 Å². The van der Waals surface area contributed by atoms with Gasteiger partial charge in [-0.1, -0.05) is 39.3 Å². The van der Waals surface area contributed by atoms with E-state index in [1.54, 1.807) is 7.11 Å². The second-order valence-electron chi connectivity index (χ2n) is 10.3. The molecular weight excluding hydrogens is 444 g/mol. The summed E-state index contributed by atoms with van der Waals surface area (Å²) in [5.74, 6) is -0.355. The zero-order valence-electron chi connectivity index (χ0n) is 21.9. The summed E-state index contributed by atoms with van der Waals surface area (Å²) in [5.41, 5.74) is 9.90. The Bertz CT molecular complexity index is 1020. The molecule has 192 valence electrons. The van der Waals surface area contributed by atoms with Gasteiger partial charge in [-0.15, -0.1) is 0 Å². The number of ether oxygens (including phenoxy) is 1. The summed E-state index contributed by atoms with van der Waals surface area (Å²) in [5, 5.41) is 9.62. The van der Waals surface area contributed by atoms with Crippen LogP contribution in [0.4, 0.5) is 5.82 Å². The smallest absolute Gasteiger partial charge is 0.308 e. The Labute approximate surface area is 208 Å². The molecular formula is C27H40N4O4. The van der Waals surface area contributed by atoms with Crippen molar-refractivity contribution in [2.24, 2.45) is 11.1 Å². The van der Waals surface area contributed by atoms with E-state index >= 15 is 0 Å². The first-order valence-electron chi connectivity index (χ1n) is 12.1. The van der Waals surface area contributed by atoms with Gasteiger partial charge in [-0.05, 0) is 42.4 Å². The summed E-state index contributed by atoms with van der Waals surface area (Å²) in [6, 6.07) is 4.84. The monoisotopic (exact) mass is 484 g/mol. The van der Waals surface area contributed by atoms with E-state index < -0.39 is 12.0 Å². The Morgan fingerprint density at radius 1 is 1.17 bits per heavy atom. The van der Waals surface area contributed by atoms with Gasteiger partial charge in [0, 0.05) is 44.9 Å². The molecule has 1 atom stereocenters. The van der Waals surface area contributed by atoms with Crippen molar-refractivity contribution < 1.29 is 19.4 Å². The van der Waals surface area contributed by atoms with Crippen molar-refractivity contribution in [2.75, 3.05) is 32.2 Å². The van der Waals surface area contributed by atoms with E-state index in [0.29, 0.717) is 42.2 Å². The van der Waals surface area contributed by atoms with Crippen LogP contribution in [0.2, 0.25) is 0 Å². The third kappa shape index (κ3) is 8.40. The quantitative estimate of drug-likeness (QED) is 0.318. The second kappa shape index (κ2) is 12.7. The third-order valence-electron chi connectivity index (χ3n) is 5.84. The fourth-order valence-corrected chi connectivity index (χ4v) is 4.27. The number of aryl methyl sites for hydroxylation is 1. The standard InChI is InChI=1S/C27H40N4O4/c1-18-11-12-19(22(32)10-8-7-9-13-35-6)14-20(18)24(28)25-21(15-23(33)34)26(30-17-29-25)31(5)16-27(2,3)4/h11-12,14,17,24H,7-10,13,15-16,28H2,1-6H3,(H,33,34). The Morgan fingerprint density at radius 3 is 2.51 bits per heavy atom. The number of nitrogens with zero attached hydrogens (tertiary/aromatic N) is 3. The van der Waals surface area contributed by atoms with Crippen LogP contribution in [0.1, 0.15) is 85.2 Å². The minimum atomic E-state index is -0.979. The molecule has 0 aliphatic heterocycles. The van der Waals surface area contributed by atoms with Gasteiger partial charge >= 0.3 is 5.97 Å². The van der Waals surface area contributed by atoms with E-state index in [1.165, 1.54) is 6.33 Å². The van der Waals surface area contributed by atoms with Crippen LogP contribution >= 0.6 is 0 Å². The van der Waals surface area contributed by atoms with Gasteiger partial charge in [-0.25, -0.2) is 9.97 Å². The van der Waals surface area contributed by atoms with Gasteiger partial charge in [0.05, 0.1) is 18.2 Å². The highest BCUT2D eigenvalue weighted by molar-refractivity contribution is 5.96.